The van der Waals surface area contributed by atoms with Crippen LogP contribution in [0.1, 0.15) is 37.6 Å². The summed E-state index contributed by atoms with van der Waals surface area (Å²) >= 11 is 0. The van der Waals surface area contributed by atoms with Gasteiger partial charge >= 0.3 is 0 Å². The van der Waals surface area contributed by atoms with Crippen LogP contribution in [0.3, 0.4) is 0 Å². The van der Waals surface area contributed by atoms with Gasteiger partial charge in [-0.1, -0.05) is 12.1 Å². The van der Waals surface area contributed by atoms with Crippen molar-refractivity contribution in [1.29, 1.82) is 0 Å². The fraction of sp³-hybridized carbons (Fsp3) is 0.467. The molecule has 6 nitrogen and oxygen atoms in total. The van der Waals surface area contributed by atoms with Crippen LogP contribution in [0.15, 0.2) is 29.2 Å². The summed E-state index contributed by atoms with van der Waals surface area (Å²) in [6.45, 7) is 6.43. The largest absolute Gasteiger partial charge is 0.343 e. The van der Waals surface area contributed by atoms with Gasteiger partial charge in [-0.05, 0) is 32.9 Å². The van der Waals surface area contributed by atoms with Gasteiger partial charge in [0.25, 0.3) is 0 Å². The zero-order chi connectivity index (χ0) is 16.8. The quantitative estimate of drug-likeness (QED) is 0.733. The number of sulfonamides is 1. The Kier molecular flexibility index (Phi) is 6.70. The number of nitrogens with one attached hydrogen (secondary N) is 1. The van der Waals surface area contributed by atoms with E-state index in [1.807, 2.05) is 13.8 Å². The molecule has 1 aromatic carbocycles. The van der Waals surface area contributed by atoms with Crippen molar-refractivity contribution >= 4 is 21.7 Å². The second kappa shape index (κ2) is 8.05. The van der Waals surface area contributed by atoms with Gasteiger partial charge in [0.2, 0.25) is 15.9 Å². The average Bonchev–Trinajstić information content (AvgIpc) is 2.48. The number of hydrogen-bond acceptors (Lipinski definition) is 4. The van der Waals surface area contributed by atoms with Crippen molar-refractivity contribution in [3.05, 3.63) is 29.8 Å². The number of Topliss-reactive ketones (excluding diaryl/α,β-unsaturated/α-hetero) is 1. The van der Waals surface area contributed by atoms with Crippen molar-refractivity contribution in [1.82, 2.24) is 9.62 Å². The molecule has 0 aromatic heterocycles. The van der Waals surface area contributed by atoms with E-state index in [-0.39, 0.29) is 29.6 Å². The topological polar surface area (TPSA) is 83.6 Å². The number of carbonyl (C=O) groups excluding carboxylic acids is 2. The molecule has 0 aliphatic carbocycles. The molecule has 22 heavy (non-hydrogen) atoms. The van der Waals surface area contributed by atoms with Crippen molar-refractivity contribution in [2.75, 3.05) is 19.6 Å². The Bertz CT molecular complexity index is 619. The molecule has 0 spiro atoms. The van der Waals surface area contributed by atoms with Crippen LogP contribution in [0.5, 0.6) is 0 Å². The lowest BCUT2D eigenvalue weighted by atomic mass is 10.2. The van der Waals surface area contributed by atoms with E-state index in [0.717, 1.165) is 0 Å². The van der Waals surface area contributed by atoms with Gasteiger partial charge in [-0.2, -0.15) is 0 Å². The van der Waals surface area contributed by atoms with Gasteiger partial charge in [0.1, 0.15) is 0 Å². The molecular weight excluding hydrogens is 304 g/mol. The molecule has 0 unspecified atom stereocenters. The molecule has 0 heterocycles. The summed E-state index contributed by atoms with van der Waals surface area (Å²) in [5.74, 6) is -0.207. The summed E-state index contributed by atoms with van der Waals surface area (Å²) in [5, 5.41) is 0. The zero-order valence-electron chi connectivity index (χ0n) is 13.1. The van der Waals surface area contributed by atoms with Crippen molar-refractivity contribution < 1.29 is 18.0 Å². The number of hydrogen-bond donors (Lipinski definition) is 1. The van der Waals surface area contributed by atoms with Gasteiger partial charge in [0.05, 0.1) is 4.90 Å². The van der Waals surface area contributed by atoms with Crippen LogP contribution >= 0.6 is 0 Å². The maximum atomic E-state index is 12.1. The van der Waals surface area contributed by atoms with Gasteiger partial charge < -0.3 is 4.90 Å². The van der Waals surface area contributed by atoms with E-state index in [0.29, 0.717) is 18.7 Å². The Morgan fingerprint density at radius 3 is 2.09 bits per heavy atom. The first-order valence-electron chi connectivity index (χ1n) is 7.20. The van der Waals surface area contributed by atoms with Crippen LogP contribution in [0.25, 0.3) is 0 Å². The van der Waals surface area contributed by atoms with E-state index in [1.54, 1.807) is 4.90 Å². The molecule has 0 atom stereocenters. The Morgan fingerprint density at radius 1 is 1.09 bits per heavy atom. The van der Waals surface area contributed by atoms with E-state index in [4.69, 9.17) is 0 Å². The highest BCUT2D eigenvalue weighted by Crippen LogP contribution is 2.11. The summed E-state index contributed by atoms with van der Waals surface area (Å²) in [6.07, 6.45) is 0.117. The predicted octanol–water partition coefficient (Wildman–Crippen LogP) is 1.43. The average molecular weight is 326 g/mol. The normalized spacial score (nSPS) is 11.2. The number of amides is 1. The first kappa shape index (κ1) is 18.3. The number of carbonyl (C=O) groups is 2. The molecular formula is C15H22N2O4S. The second-order valence-electron chi connectivity index (χ2n) is 4.79. The van der Waals surface area contributed by atoms with E-state index >= 15 is 0 Å². The third kappa shape index (κ3) is 4.92. The minimum absolute atomic E-state index is 0.0477. The standard InChI is InChI=1S/C15H22N2O4S/c1-4-17(5-2)15(19)10-11-16-22(20,21)14-8-6-13(7-9-14)12(3)18/h6-9,16H,4-5,10-11H2,1-3H3. The maximum Gasteiger partial charge on any atom is 0.240 e. The van der Waals surface area contributed by atoms with Crippen molar-refractivity contribution in [2.45, 2.75) is 32.1 Å². The van der Waals surface area contributed by atoms with E-state index < -0.39 is 10.0 Å². The third-order valence-electron chi connectivity index (χ3n) is 3.32. The summed E-state index contributed by atoms with van der Waals surface area (Å²) in [5.41, 5.74) is 0.454. The minimum atomic E-state index is -3.67. The lowest BCUT2D eigenvalue weighted by Crippen LogP contribution is -2.34. The molecule has 0 aliphatic rings. The lowest BCUT2D eigenvalue weighted by molar-refractivity contribution is -0.130. The van der Waals surface area contributed by atoms with Crippen molar-refractivity contribution in [3.8, 4) is 0 Å². The van der Waals surface area contributed by atoms with E-state index in [9.17, 15) is 18.0 Å². The maximum absolute atomic E-state index is 12.1. The summed E-state index contributed by atoms with van der Waals surface area (Å²) < 4.78 is 26.6. The van der Waals surface area contributed by atoms with Crippen LogP contribution in [-0.4, -0.2) is 44.6 Å². The first-order valence-corrected chi connectivity index (χ1v) is 8.68. The van der Waals surface area contributed by atoms with Crippen molar-refractivity contribution in [2.24, 2.45) is 0 Å². The van der Waals surface area contributed by atoms with Crippen LogP contribution in [-0.2, 0) is 14.8 Å². The Hall–Kier alpha value is -1.73. The number of rotatable bonds is 8. The second-order valence-corrected chi connectivity index (χ2v) is 6.56. The lowest BCUT2D eigenvalue weighted by Gasteiger charge is -2.18. The molecule has 0 bridgehead atoms. The Labute approximate surface area is 131 Å². The highest BCUT2D eigenvalue weighted by molar-refractivity contribution is 7.89. The van der Waals surface area contributed by atoms with Crippen LogP contribution in [0, 0.1) is 0 Å². The summed E-state index contributed by atoms with van der Waals surface area (Å²) in [7, 11) is -3.67. The van der Waals surface area contributed by atoms with Gasteiger partial charge in [-0.25, -0.2) is 13.1 Å². The first-order chi connectivity index (χ1) is 10.3. The Morgan fingerprint density at radius 2 is 1.64 bits per heavy atom. The van der Waals surface area contributed by atoms with Crippen molar-refractivity contribution in [3.63, 3.8) is 0 Å². The highest BCUT2D eigenvalue weighted by Gasteiger charge is 2.16. The summed E-state index contributed by atoms with van der Waals surface area (Å²) in [4.78, 5) is 24.7. The monoisotopic (exact) mass is 326 g/mol. The molecule has 1 aromatic rings. The fourth-order valence-corrected chi connectivity index (χ4v) is 3.01. The predicted molar refractivity (Wildman–Crippen MR) is 84.2 cm³/mol. The van der Waals surface area contributed by atoms with Gasteiger partial charge in [-0.15, -0.1) is 0 Å². The molecule has 0 aliphatic heterocycles. The van der Waals surface area contributed by atoms with Crippen LogP contribution in [0.2, 0.25) is 0 Å². The van der Waals surface area contributed by atoms with Crippen LogP contribution in [0.4, 0.5) is 0 Å². The van der Waals surface area contributed by atoms with Crippen LogP contribution < -0.4 is 4.72 Å². The minimum Gasteiger partial charge on any atom is -0.343 e. The molecule has 0 radical (unpaired) electrons. The molecule has 0 fully saturated rings. The fourth-order valence-electron chi connectivity index (χ4n) is 1.98. The Balaban J connectivity index is 2.64. The highest BCUT2D eigenvalue weighted by atomic mass is 32.2. The smallest absolute Gasteiger partial charge is 0.240 e. The number of nitrogens with zero attached hydrogens (tertiary/aromatic N) is 1. The molecule has 122 valence electrons. The molecule has 1 amide bonds. The van der Waals surface area contributed by atoms with Gasteiger partial charge in [0.15, 0.2) is 5.78 Å². The SMILES string of the molecule is CCN(CC)C(=O)CCNS(=O)(=O)c1ccc(C(C)=O)cc1. The van der Waals surface area contributed by atoms with E-state index in [1.165, 1.54) is 31.2 Å². The third-order valence-corrected chi connectivity index (χ3v) is 4.80. The number of benzene rings is 1. The number of ketones is 1. The summed E-state index contributed by atoms with van der Waals surface area (Å²) in [6, 6.07) is 5.70. The van der Waals surface area contributed by atoms with Gasteiger partial charge in [0, 0.05) is 31.6 Å². The van der Waals surface area contributed by atoms with E-state index in [2.05, 4.69) is 4.72 Å². The molecule has 1 N–H and O–H groups in total. The molecule has 0 saturated heterocycles. The van der Waals surface area contributed by atoms with Gasteiger partial charge in [-0.3, -0.25) is 9.59 Å². The zero-order valence-corrected chi connectivity index (χ0v) is 13.9. The molecule has 1 rings (SSSR count). The molecule has 7 heteroatoms. The molecule has 0 saturated carbocycles.